The first-order chi connectivity index (χ1) is 17.9. The lowest BCUT2D eigenvalue weighted by Crippen LogP contribution is -2.16. The number of thiophene rings is 2. The molecule has 9 heteroatoms. The van der Waals surface area contributed by atoms with Crippen molar-refractivity contribution in [1.82, 2.24) is 4.98 Å². The molecule has 0 bridgehead atoms. The van der Waals surface area contributed by atoms with Crippen LogP contribution in [0.1, 0.15) is 30.6 Å². The summed E-state index contributed by atoms with van der Waals surface area (Å²) >= 11 is 2.77. The van der Waals surface area contributed by atoms with Crippen molar-refractivity contribution in [2.24, 2.45) is 0 Å². The Morgan fingerprint density at radius 3 is 2.32 bits per heavy atom. The van der Waals surface area contributed by atoms with Crippen molar-refractivity contribution in [3.05, 3.63) is 87.7 Å². The summed E-state index contributed by atoms with van der Waals surface area (Å²) < 4.78 is 5.41. The van der Waals surface area contributed by atoms with E-state index in [1.54, 1.807) is 37.5 Å². The topological polar surface area (TPSA) is 106 Å². The standard InChI is InChI=1S/C28H24N4O3S2/c1-15-13-14-20(36-15)22-21(26(33)32-18-11-7-8-12-19(18)35-3)16(2)30-28-23(22)24(29)25(37-28)27(34)31-17-9-5-4-6-10-17/h4-14H,29H2,1-3H3,(H,31,34)(H,32,33). The third kappa shape index (κ3) is 4.66. The molecule has 0 aliphatic heterocycles. The lowest BCUT2D eigenvalue weighted by atomic mass is 9.99. The predicted molar refractivity (Wildman–Crippen MR) is 152 cm³/mol. The molecule has 0 aliphatic rings. The van der Waals surface area contributed by atoms with E-state index in [4.69, 9.17) is 15.5 Å². The van der Waals surface area contributed by atoms with Gasteiger partial charge in [-0.05, 0) is 50.2 Å². The van der Waals surface area contributed by atoms with E-state index in [9.17, 15) is 9.59 Å². The van der Waals surface area contributed by atoms with Crippen molar-refractivity contribution < 1.29 is 14.3 Å². The van der Waals surface area contributed by atoms with Gasteiger partial charge < -0.3 is 21.1 Å². The number of anilines is 3. The highest BCUT2D eigenvalue weighted by molar-refractivity contribution is 7.21. The van der Waals surface area contributed by atoms with Crippen molar-refractivity contribution in [1.29, 1.82) is 0 Å². The fourth-order valence-electron chi connectivity index (χ4n) is 4.17. The fourth-order valence-corrected chi connectivity index (χ4v) is 6.14. The van der Waals surface area contributed by atoms with Gasteiger partial charge in [0.25, 0.3) is 11.8 Å². The molecule has 0 atom stereocenters. The van der Waals surface area contributed by atoms with Gasteiger partial charge in [-0.2, -0.15) is 0 Å². The van der Waals surface area contributed by atoms with Crippen molar-refractivity contribution in [3.63, 3.8) is 0 Å². The van der Waals surface area contributed by atoms with E-state index >= 15 is 0 Å². The van der Waals surface area contributed by atoms with Gasteiger partial charge in [0.1, 0.15) is 15.5 Å². The molecule has 0 unspecified atom stereocenters. The zero-order valence-corrected chi connectivity index (χ0v) is 22.0. The molecule has 2 aromatic carbocycles. The second-order valence-electron chi connectivity index (χ2n) is 8.36. The number of hydrogen-bond acceptors (Lipinski definition) is 7. The number of aromatic nitrogens is 1. The van der Waals surface area contributed by atoms with Crippen LogP contribution in [-0.2, 0) is 0 Å². The van der Waals surface area contributed by atoms with Crippen LogP contribution in [0.25, 0.3) is 20.7 Å². The van der Waals surface area contributed by atoms with Crippen LogP contribution in [0.15, 0.2) is 66.7 Å². The highest BCUT2D eigenvalue weighted by atomic mass is 32.1. The van der Waals surface area contributed by atoms with Gasteiger partial charge in [-0.3, -0.25) is 9.59 Å². The summed E-state index contributed by atoms with van der Waals surface area (Å²) in [7, 11) is 1.55. The second-order valence-corrected chi connectivity index (χ2v) is 10.6. The number of nitrogen functional groups attached to an aromatic ring is 1. The summed E-state index contributed by atoms with van der Waals surface area (Å²) in [5.74, 6) is -0.109. The number of rotatable bonds is 6. The van der Waals surface area contributed by atoms with E-state index in [0.29, 0.717) is 54.7 Å². The van der Waals surface area contributed by atoms with Crippen LogP contribution < -0.4 is 21.1 Å². The van der Waals surface area contributed by atoms with Crippen LogP contribution in [0, 0.1) is 13.8 Å². The van der Waals surface area contributed by atoms with Crippen LogP contribution in [0.5, 0.6) is 5.75 Å². The van der Waals surface area contributed by atoms with Crippen molar-refractivity contribution in [3.8, 4) is 16.2 Å². The number of aryl methyl sites for hydroxylation is 2. The Morgan fingerprint density at radius 2 is 1.62 bits per heavy atom. The first-order valence-electron chi connectivity index (χ1n) is 11.5. The van der Waals surface area contributed by atoms with Gasteiger partial charge in [-0.25, -0.2) is 4.98 Å². The molecule has 5 aromatic rings. The van der Waals surface area contributed by atoms with Crippen molar-refractivity contribution in [2.45, 2.75) is 13.8 Å². The molecule has 0 radical (unpaired) electrons. The van der Waals surface area contributed by atoms with Gasteiger partial charge >= 0.3 is 0 Å². The average Bonchev–Trinajstić information content (AvgIpc) is 3.46. The maximum absolute atomic E-state index is 13.7. The number of fused-ring (bicyclic) bond motifs is 1. The van der Waals surface area contributed by atoms with E-state index < -0.39 is 0 Å². The van der Waals surface area contributed by atoms with Gasteiger partial charge in [0.05, 0.1) is 29.7 Å². The molecule has 3 heterocycles. The maximum Gasteiger partial charge on any atom is 0.267 e. The monoisotopic (exact) mass is 528 g/mol. The van der Waals surface area contributed by atoms with E-state index in [1.807, 2.05) is 61.5 Å². The lowest BCUT2D eigenvalue weighted by Gasteiger charge is -2.15. The normalized spacial score (nSPS) is 10.9. The maximum atomic E-state index is 13.7. The summed E-state index contributed by atoms with van der Waals surface area (Å²) in [6.07, 6.45) is 0. The molecule has 0 spiro atoms. The molecule has 0 saturated carbocycles. The van der Waals surface area contributed by atoms with Crippen molar-refractivity contribution in [2.75, 3.05) is 23.5 Å². The van der Waals surface area contributed by atoms with Gasteiger partial charge in [-0.1, -0.05) is 30.3 Å². The number of ether oxygens (including phenoxy) is 1. The van der Waals surface area contributed by atoms with E-state index in [0.717, 1.165) is 9.75 Å². The van der Waals surface area contributed by atoms with Crippen LogP contribution in [0.4, 0.5) is 17.1 Å². The smallest absolute Gasteiger partial charge is 0.267 e. The van der Waals surface area contributed by atoms with Crippen LogP contribution in [0.3, 0.4) is 0 Å². The molecule has 7 nitrogen and oxygen atoms in total. The quantitative estimate of drug-likeness (QED) is 0.226. The highest BCUT2D eigenvalue weighted by Gasteiger charge is 2.27. The average molecular weight is 529 g/mol. The lowest BCUT2D eigenvalue weighted by molar-refractivity contribution is 0.102. The highest BCUT2D eigenvalue weighted by Crippen LogP contribution is 2.44. The molecule has 3 aromatic heterocycles. The van der Waals surface area contributed by atoms with Gasteiger partial charge in [0.2, 0.25) is 0 Å². The number of benzene rings is 2. The summed E-state index contributed by atoms with van der Waals surface area (Å²) in [6, 6.07) is 20.4. The Kier molecular flexibility index (Phi) is 6.64. The van der Waals surface area contributed by atoms with Crippen molar-refractivity contribution >= 4 is 61.8 Å². The molecule has 0 aliphatic carbocycles. The number of methoxy groups -OCH3 is 1. The number of hydrogen-bond donors (Lipinski definition) is 3. The predicted octanol–water partition coefficient (Wildman–Crippen LogP) is 6.74. The number of pyridine rings is 1. The third-order valence-corrected chi connectivity index (χ3v) is 7.98. The third-order valence-electron chi connectivity index (χ3n) is 5.86. The molecule has 5 rings (SSSR count). The molecular formula is C28H24N4O3S2. The number of carbonyl (C=O) groups excluding carboxylic acids is 2. The van der Waals surface area contributed by atoms with E-state index in [2.05, 4.69) is 10.6 Å². The minimum Gasteiger partial charge on any atom is -0.495 e. The van der Waals surface area contributed by atoms with Crippen LogP contribution in [-0.4, -0.2) is 23.9 Å². The van der Waals surface area contributed by atoms with Gasteiger partial charge in [-0.15, -0.1) is 22.7 Å². The molecular weight excluding hydrogens is 504 g/mol. The first kappa shape index (κ1) is 24.5. The Labute approximate surface area is 221 Å². The molecule has 0 fully saturated rings. The van der Waals surface area contributed by atoms with Gasteiger partial charge in [0, 0.05) is 26.4 Å². The molecule has 186 valence electrons. The number of carbonyl (C=O) groups is 2. The van der Waals surface area contributed by atoms with E-state index in [1.165, 1.54) is 11.3 Å². The number of para-hydroxylation sites is 3. The van der Waals surface area contributed by atoms with Crippen LogP contribution in [0.2, 0.25) is 0 Å². The first-order valence-corrected chi connectivity index (χ1v) is 13.1. The van der Waals surface area contributed by atoms with E-state index in [-0.39, 0.29) is 11.8 Å². The fraction of sp³-hybridized carbons (Fsp3) is 0.107. The summed E-state index contributed by atoms with van der Waals surface area (Å²) in [4.78, 5) is 34.5. The summed E-state index contributed by atoms with van der Waals surface area (Å²) in [5.41, 5.74) is 9.74. The Balaban J connectivity index is 1.67. The largest absolute Gasteiger partial charge is 0.495 e. The Hall–Kier alpha value is -4.21. The summed E-state index contributed by atoms with van der Waals surface area (Å²) in [5, 5.41) is 6.46. The minimum atomic E-state index is -0.335. The SMILES string of the molecule is COc1ccccc1NC(=O)c1c(C)nc2sc(C(=O)Nc3ccccc3)c(N)c2c1-c1ccc(C)s1. The second kappa shape index (κ2) is 10.0. The molecule has 37 heavy (non-hydrogen) atoms. The molecule has 4 N–H and O–H groups in total. The number of nitrogens with one attached hydrogen (secondary N) is 2. The molecule has 0 saturated heterocycles. The van der Waals surface area contributed by atoms with Crippen LogP contribution >= 0.6 is 22.7 Å². The Morgan fingerprint density at radius 1 is 0.892 bits per heavy atom. The zero-order valence-electron chi connectivity index (χ0n) is 20.4. The Bertz CT molecular complexity index is 1640. The molecule has 2 amide bonds. The minimum absolute atomic E-state index is 0.299. The summed E-state index contributed by atoms with van der Waals surface area (Å²) in [6.45, 7) is 3.80. The number of nitrogens with two attached hydrogens (primary N) is 1. The van der Waals surface area contributed by atoms with Gasteiger partial charge in [0.15, 0.2) is 0 Å². The number of nitrogens with zero attached hydrogens (tertiary/aromatic N) is 1. The zero-order chi connectivity index (χ0) is 26.1. The number of amides is 2.